The number of hydrogen-bond acceptors (Lipinski definition) is 9. The van der Waals surface area contributed by atoms with Crippen molar-refractivity contribution in [1.82, 2.24) is 19.9 Å². The summed E-state index contributed by atoms with van der Waals surface area (Å²) in [7, 11) is 0. The predicted octanol–water partition coefficient (Wildman–Crippen LogP) is 1.99. The minimum atomic E-state index is -0.637. The van der Waals surface area contributed by atoms with Crippen LogP contribution in [0.25, 0.3) is 0 Å². The van der Waals surface area contributed by atoms with Crippen LogP contribution in [0.2, 0.25) is 0 Å². The van der Waals surface area contributed by atoms with Crippen molar-refractivity contribution in [2.45, 2.75) is 42.3 Å². The Morgan fingerprint density at radius 2 is 2.00 bits per heavy atom. The zero-order chi connectivity index (χ0) is 24.6. The number of carbonyl (C=O) groups excluding carboxylic acids is 1. The summed E-state index contributed by atoms with van der Waals surface area (Å²) in [6, 6.07) is 7.76. The first-order valence-electron chi connectivity index (χ1n) is 11.4. The fraction of sp³-hybridized carbons (Fsp3) is 0.320. The SMILES string of the molecule is Cc1nc(N2CCC3(CC2)Cc2ccc(C#CC(N)=O)cc2[C@H]3N)cnc1Sc1ccnc(N)n1. The van der Waals surface area contributed by atoms with Crippen LogP contribution in [-0.4, -0.2) is 38.9 Å². The third kappa shape index (κ3) is 4.65. The van der Waals surface area contributed by atoms with Crippen LogP contribution in [0, 0.1) is 24.2 Å². The number of aromatic nitrogens is 4. The first-order valence-corrected chi connectivity index (χ1v) is 12.2. The maximum absolute atomic E-state index is 11.0. The summed E-state index contributed by atoms with van der Waals surface area (Å²) in [5.41, 5.74) is 21.6. The fourth-order valence-electron chi connectivity index (χ4n) is 4.97. The lowest BCUT2D eigenvalue weighted by Crippen LogP contribution is -2.44. The van der Waals surface area contributed by atoms with Gasteiger partial charge in [0, 0.05) is 30.9 Å². The Labute approximate surface area is 207 Å². The molecule has 1 fully saturated rings. The van der Waals surface area contributed by atoms with E-state index in [4.69, 9.17) is 22.2 Å². The van der Waals surface area contributed by atoms with Crippen molar-refractivity contribution < 1.29 is 4.79 Å². The van der Waals surface area contributed by atoms with Gasteiger partial charge in [0.15, 0.2) is 0 Å². The minimum absolute atomic E-state index is 0.0137. The third-order valence-corrected chi connectivity index (χ3v) is 7.87. The van der Waals surface area contributed by atoms with Gasteiger partial charge in [-0.3, -0.25) is 4.79 Å². The first kappa shape index (κ1) is 23.1. The monoisotopic (exact) mass is 486 g/mol. The summed E-state index contributed by atoms with van der Waals surface area (Å²) in [4.78, 5) is 30.9. The van der Waals surface area contributed by atoms with Crippen molar-refractivity contribution in [2.24, 2.45) is 16.9 Å². The molecule has 0 unspecified atom stereocenters. The Hall–Kier alpha value is -3.68. The lowest BCUT2D eigenvalue weighted by molar-refractivity contribution is -0.112. The Morgan fingerprint density at radius 3 is 2.71 bits per heavy atom. The van der Waals surface area contributed by atoms with Crippen molar-refractivity contribution in [2.75, 3.05) is 23.7 Å². The number of nitrogens with zero attached hydrogens (tertiary/aromatic N) is 5. The zero-order valence-electron chi connectivity index (χ0n) is 19.4. The standard InChI is InChI=1S/C25H26N8OS/c1-15-23(35-21-6-9-29-24(28)32-21)30-14-20(31-15)33-10-7-25(8-11-33)13-17-4-2-16(3-5-19(26)34)12-18(17)22(25)27/h2,4,6,9,12,14,22H,7-8,10-11,13,27H2,1H3,(H2,26,34)(H2,28,29,32)/t22-/m1/s1. The summed E-state index contributed by atoms with van der Waals surface area (Å²) in [6.45, 7) is 3.68. The molecule has 2 aliphatic rings. The number of primary amides is 1. The molecule has 1 aromatic carbocycles. The molecule has 1 aliphatic heterocycles. The van der Waals surface area contributed by atoms with Gasteiger partial charge in [0.25, 0.3) is 5.91 Å². The average molecular weight is 487 g/mol. The van der Waals surface area contributed by atoms with Gasteiger partial charge >= 0.3 is 0 Å². The largest absolute Gasteiger partial charge is 0.368 e. The van der Waals surface area contributed by atoms with Crippen LogP contribution in [0.5, 0.6) is 0 Å². The van der Waals surface area contributed by atoms with E-state index in [9.17, 15) is 4.79 Å². The fourth-order valence-corrected chi connectivity index (χ4v) is 5.73. The quantitative estimate of drug-likeness (QED) is 0.373. The van der Waals surface area contributed by atoms with Crippen LogP contribution in [0.3, 0.4) is 0 Å². The Balaban J connectivity index is 1.27. The number of hydrogen-bond donors (Lipinski definition) is 3. The molecule has 6 N–H and O–H groups in total. The molecule has 1 amide bonds. The third-order valence-electron chi connectivity index (χ3n) is 6.84. The number of benzene rings is 1. The molecular weight excluding hydrogens is 460 g/mol. The molecule has 178 valence electrons. The van der Waals surface area contributed by atoms with Gasteiger partial charge in [-0.15, -0.1) is 0 Å². The topological polar surface area (TPSA) is 150 Å². The smallest absolute Gasteiger partial charge is 0.293 e. The van der Waals surface area contributed by atoms with Crippen LogP contribution >= 0.6 is 11.8 Å². The average Bonchev–Trinajstić information content (AvgIpc) is 3.10. The van der Waals surface area contributed by atoms with Crippen molar-refractivity contribution in [3.8, 4) is 11.8 Å². The minimum Gasteiger partial charge on any atom is -0.368 e. The molecular formula is C25H26N8OS. The molecule has 10 heteroatoms. The summed E-state index contributed by atoms with van der Waals surface area (Å²) in [5, 5.41) is 1.53. The van der Waals surface area contributed by atoms with Crippen LogP contribution in [0.15, 0.2) is 46.7 Å². The molecule has 1 saturated heterocycles. The van der Waals surface area contributed by atoms with E-state index in [0.717, 1.165) is 65.0 Å². The van der Waals surface area contributed by atoms with Crippen LogP contribution in [0.1, 0.15) is 41.3 Å². The highest BCUT2D eigenvalue weighted by molar-refractivity contribution is 7.99. The molecule has 5 rings (SSSR count). The Bertz CT molecular complexity index is 1360. The van der Waals surface area contributed by atoms with Crippen molar-refractivity contribution in [3.63, 3.8) is 0 Å². The van der Waals surface area contributed by atoms with E-state index in [1.54, 1.807) is 12.3 Å². The van der Waals surface area contributed by atoms with Gasteiger partial charge < -0.3 is 22.1 Å². The lowest BCUT2D eigenvalue weighted by Gasteiger charge is -2.42. The molecule has 1 atom stereocenters. The number of anilines is 2. The molecule has 0 saturated carbocycles. The normalized spacial score (nSPS) is 18.1. The van der Waals surface area contributed by atoms with Gasteiger partial charge in [0.1, 0.15) is 15.9 Å². The maximum Gasteiger partial charge on any atom is 0.293 e. The van der Waals surface area contributed by atoms with Crippen molar-refractivity contribution in [3.05, 3.63) is 59.0 Å². The van der Waals surface area contributed by atoms with Gasteiger partial charge in [-0.05, 0) is 78.6 Å². The molecule has 35 heavy (non-hydrogen) atoms. The second kappa shape index (κ2) is 9.17. The second-order valence-electron chi connectivity index (χ2n) is 9.01. The molecule has 9 nitrogen and oxygen atoms in total. The number of fused-ring (bicyclic) bond motifs is 1. The number of aryl methyl sites for hydroxylation is 1. The predicted molar refractivity (Wildman–Crippen MR) is 134 cm³/mol. The number of carbonyl (C=O) groups is 1. The van der Waals surface area contributed by atoms with E-state index in [1.165, 1.54) is 17.3 Å². The number of piperidine rings is 1. The van der Waals surface area contributed by atoms with E-state index in [2.05, 4.69) is 37.8 Å². The van der Waals surface area contributed by atoms with E-state index >= 15 is 0 Å². The second-order valence-corrected chi connectivity index (χ2v) is 10.0. The van der Waals surface area contributed by atoms with Crippen LogP contribution < -0.4 is 22.1 Å². The van der Waals surface area contributed by atoms with E-state index < -0.39 is 5.91 Å². The van der Waals surface area contributed by atoms with Crippen molar-refractivity contribution >= 4 is 29.4 Å². The summed E-state index contributed by atoms with van der Waals surface area (Å²) in [5.74, 6) is 5.70. The molecule has 3 aromatic rings. The van der Waals surface area contributed by atoms with E-state index in [1.807, 2.05) is 25.3 Å². The Kier molecular flexibility index (Phi) is 6.05. The number of amides is 1. The van der Waals surface area contributed by atoms with E-state index in [0.29, 0.717) is 0 Å². The van der Waals surface area contributed by atoms with Gasteiger partial charge in [0.05, 0.1) is 11.9 Å². The van der Waals surface area contributed by atoms with Gasteiger partial charge in [-0.1, -0.05) is 12.0 Å². The van der Waals surface area contributed by atoms with Crippen LogP contribution in [0.4, 0.5) is 11.8 Å². The highest BCUT2D eigenvalue weighted by Crippen LogP contribution is 2.51. The first-order chi connectivity index (χ1) is 16.8. The molecule has 0 radical (unpaired) electrons. The van der Waals surface area contributed by atoms with E-state index in [-0.39, 0.29) is 17.4 Å². The summed E-state index contributed by atoms with van der Waals surface area (Å²) < 4.78 is 0. The number of nitrogen functional groups attached to an aromatic ring is 1. The summed E-state index contributed by atoms with van der Waals surface area (Å²) in [6.07, 6.45) is 6.33. The molecule has 2 aromatic heterocycles. The molecule has 0 bridgehead atoms. The summed E-state index contributed by atoms with van der Waals surface area (Å²) >= 11 is 1.42. The number of nitrogens with two attached hydrogens (primary N) is 3. The lowest BCUT2D eigenvalue weighted by atomic mass is 9.73. The Morgan fingerprint density at radius 1 is 1.20 bits per heavy atom. The highest BCUT2D eigenvalue weighted by atomic mass is 32.2. The van der Waals surface area contributed by atoms with Gasteiger partial charge in [0.2, 0.25) is 5.95 Å². The highest BCUT2D eigenvalue weighted by Gasteiger charge is 2.46. The molecule has 1 aliphatic carbocycles. The van der Waals surface area contributed by atoms with Gasteiger partial charge in [-0.2, -0.15) is 0 Å². The maximum atomic E-state index is 11.0. The zero-order valence-corrected chi connectivity index (χ0v) is 20.2. The van der Waals surface area contributed by atoms with Crippen LogP contribution in [-0.2, 0) is 11.2 Å². The van der Waals surface area contributed by atoms with Gasteiger partial charge in [-0.25, -0.2) is 19.9 Å². The molecule has 1 spiro atoms. The number of rotatable bonds is 3. The molecule has 3 heterocycles. The van der Waals surface area contributed by atoms with Crippen molar-refractivity contribution in [1.29, 1.82) is 0 Å².